The molecule has 0 fully saturated rings. The lowest BCUT2D eigenvalue weighted by atomic mass is 10.0. The number of ether oxygens (including phenoxy) is 1. The van der Waals surface area contributed by atoms with Crippen LogP contribution in [0.2, 0.25) is 5.02 Å². The van der Waals surface area contributed by atoms with E-state index in [2.05, 4.69) is 0 Å². The molecule has 1 aliphatic rings. The highest BCUT2D eigenvalue weighted by atomic mass is 35.5. The number of allylic oxidation sites excluding steroid dienone is 1. The Morgan fingerprint density at radius 2 is 2.00 bits per heavy atom. The van der Waals surface area contributed by atoms with Gasteiger partial charge in [0.1, 0.15) is 6.10 Å². The van der Waals surface area contributed by atoms with Crippen LogP contribution in [0.1, 0.15) is 24.5 Å². The fourth-order valence-electron chi connectivity index (χ4n) is 1.95. The van der Waals surface area contributed by atoms with E-state index in [1.807, 2.05) is 30.3 Å². The number of hydrogen-bond acceptors (Lipinski definition) is 2. The minimum atomic E-state index is -0.257. The van der Waals surface area contributed by atoms with Crippen LogP contribution >= 0.6 is 11.6 Å². The zero-order chi connectivity index (χ0) is 11.5. The van der Waals surface area contributed by atoms with Crippen molar-refractivity contribution >= 4 is 17.4 Å². The van der Waals surface area contributed by atoms with Crippen molar-refractivity contribution in [3.05, 3.63) is 46.5 Å². The summed E-state index contributed by atoms with van der Waals surface area (Å²) >= 11 is 5.83. The molecule has 1 aromatic carbocycles. The minimum absolute atomic E-state index is 0.182. The van der Waals surface area contributed by atoms with Crippen molar-refractivity contribution in [3.8, 4) is 0 Å². The lowest BCUT2D eigenvalue weighted by Gasteiger charge is -2.16. The van der Waals surface area contributed by atoms with Crippen LogP contribution in [0, 0.1) is 0 Å². The minimum Gasteiger partial charge on any atom is -0.372 e. The van der Waals surface area contributed by atoms with Gasteiger partial charge in [-0.3, -0.25) is 4.79 Å². The Kier molecular flexibility index (Phi) is 3.42. The SMILES string of the molecule is COC(C1=CCCC1=O)c1ccc(Cl)cc1. The second-order valence-corrected chi connectivity index (χ2v) is 4.23. The van der Waals surface area contributed by atoms with Crippen molar-refractivity contribution in [1.29, 1.82) is 0 Å². The first kappa shape index (κ1) is 11.4. The van der Waals surface area contributed by atoms with Gasteiger partial charge in [0.25, 0.3) is 0 Å². The van der Waals surface area contributed by atoms with E-state index in [0.29, 0.717) is 11.4 Å². The molecule has 0 aromatic heterocycles. The Labute approximate surface area is 99.9 Å². The summed E-state index contributed by atoms with van der Waals surface area (Å²) in [6.07, 6.45) is 3.13. The molecule has 2 rings (SSSR count). The summed E-state index contributed by atoms with van der Waals surface area (Å²) in [5, 5.41) is 0.685. The van der Waals surface area contributed by atoms with Crippen LogP contribution in [-0.2, 0) is 9.53 Å². The van der Waals surface area contributed by atoms with E-state index in [-0.39, 0.29) is 11.9 Å². The van der Waals surface area contributed by atoms with E-state index in [1.165, 1.54) is 0 Å². The number of ketones is 1. The van der Waals surface area contributed by atoms with Crippen molar-refractivity contribution in [2.24, 2.45) is 0 Å². The van der Waals surface area contributed by atoms with Gasteiger partial charge in [-0.2, -0.15) is 0 Å². The Morgan fingerprint density at radius 3 is 2.50 bits per heavy atom. The average molecular weight is 237 g/mol. The van der Waals surface area contributed by atoms with E-state index in [9.17, 15) is 4.79 Å². The number of halogens is 1. The van der Waals surface area contributed by atoms with Crippen molar-refractivity contribution < 1.29 is 9.53 Å². The van der Waals surface area contributed by atoms with E-state index in [0.717, 1.165) is 17.6 Å². The Morgan fingerprint density at radius 1 is 1.31 bits per heavy atom. The topological polar surface area (TPSA) is 26.3 Å². The summed E-state index contributed by atoms with van der Waals surface area (Å²) in [4.78, 5) is 11.6. The molecule has 1 unspecified atom stereocenters. The van der Waals surface area contributed by atoms with E-state index in [1.54, 1.807) is 7.11 Å². The Hall–Kier alpha value is -1.12. The molecule has 0 saturated heterocycles. The molecule has 0 saturated carbocycles. The van der Waals surface area contributed by atoms with Gasteiger partial charge in [0, 0.05) is 24.1 Å². The molecule has 16 heavy (non-hydrogen) atoms. The average Bonchev–Trinajstić information content (AvgIpc) is 2.69. The van der Waals surface area contributed by atoms with Crippen LogP contribution in [0.3, 0.4) is 0 Å². The highest BCUT2D eigenvalue weighted by molar-refractivity contribution is 6.30. The zero-order valence-corrected chi connectivity index (χ0v) is 9.83. The van der Waals surface area contributed by atoms with Gasteiger partial charge in [-0.05, 0) is 24.1 Å². The molecular weight excluding hydrogens is 224 g/mol. The fraction of sp³-hybridized carbons (Fsp3) is 0.308. The second kappa shape index (κ2) is 4.81. The van der Waals surface area contributed by atoms with E-state index >= 15 is 0 Å². The molecule has 1 atom stereocenters. The fourth-order valence-corrected chi connectivity index (χ4v) is 2.08. The van der Waals surface area contributed by atoms with Crippen LogP contribution in [-0.4, -0.2) is 12.9 Å². The third-order valence-electron chi connectivity index (χ3n) is 2.75. The molecule has 2 nitrogen and oxygen atoms in total. The normalized spacial score (nSPS) is 17.4. The maximum absolute atomic E-state index is 11.6. The van der Waals surface area contributed by atoms with Gasteiger partial charge >= 0.3 is 0 Å². The van der Waals surface area contributed by atoms with Gasteiger partial charge < -0.3 is 4.74 Å². The Bertz CT molecular complexity index is 420. The van der Waals surface area contributed by atoms with Crippen LogP contribution < -0.4 is 0 Å². The standard InChI is InChI=1S/C13H13ClO2/c1-16-13(11-3-2-4-12(11)15)9-5-7-10(14)8-6-9/h3,5-8,13H,2,4H2,1H3. The molecule has 0 amide bonds. The number of Topliss-reactive ketones (excluding diaryl/α,β-unsaturated/α-hetero) is 1. The number of carbonyl (C=O) groups excluding carboxylic acids is 1. The Balaban J connectivity index is 2.29. The largest absolute Gasteiger partial charge is 0.372 e. The van der Waals surface area contributed by atoms with Gasteiger partial charge in [-0.1, -0.05) is 29.8 Å². The molecule has 84 valence electrons. The first-order chi connectivity index (χ1) is 7.72. The van der Waals surface area contributed by atoms with Crippen LogP contribution in [0.5, 0.6) is 0 Å². The van der Waals surface area contributed by atoms with E-state index < -0.39 is 0 Å². The number of benzene rings is 1. The molecule has 0 heterocycles. The predicted octanol–water partition coefficient (Wildman–Crippen LogP) is 3.32. The van der Waals surface area contributed by atoms with Crippen molar-refractivity contribution in [2.75, 3.05) is 7.11 Å². The molecule has 0 radical (unpaired) electrons. The quantitative estimate of drug-likeness (QED) is 0.805. The molecule has 0 spiro atoms. The maximum atomic E-state index is 11.6. The lowest BCUT2D eigenvalue weighted by molar-refractivity contribution is -0.116. The highest BCUT2D eigenvalue weighted by Gasteiger charge is 2.25. The number of methoxy groups -OCH3 is 1. The molecule has 0 N–H and O–H groups in total. The summed E-state index contributed by atoms with van der Waals surface area (Å²) in [6, 6.07) is 7.40. The molecular formula is C13H13ClO2. The van der Waals surface area contributed by atoms with Crippen LogP contribution in [0.15, 0.2) is 35.9 Å². The molecule has 1 aromatic rings. The van der Waals surface area contributed by atoms with Crippen LogP contribution in [0.4, 0.5) is 0 Å². The lowest BCUT2D eigenvalue weighted by Crippen LogP contribution is -2.10. The first-order valence-corrected chi connectivity index (χ1v) is 5.61. The smallest absolute Gasteiger partial charge is 0.161 e. The molecule has 1 aliphatic carbocycles. The van der Waals surface area contributed by atoms with Gasteiger partial charge in [0.05, 0.1) is 0 Å². The number of hydrogen-bond donors (Lipinski definition) is 0. The summed E-state index contributed by atoms with van der Waals surface area (Å²) in [6.45, 7) is 0. The van der Waals surface area contributed by atoms with Gasteiger partial charge in [-0.25, -0.2) is 0 Å². The highest BCUT2D eigenvalue weighted by Crippen LogP contribution is 2.31. The summed E-state index contributed by atoms with van der Waals surface area (Å²) in [5.74, 6) is 0.182. The molecule has 3 heteroatoms. The van der Waals surface area contributed by atoms with E-state index in [4.69, 9.17) is 16.3 Å². The number of rotatable bonds is 3. The van der Waals surface area contributed by atoms with Crippen molar-refractivity contribution in [1.82, 2.24) is 0 Å². The predicted molar refractivity (Wildman–Crippen MR) is 63.5 cm³/mol. The third-order valence-corrected chi connectivity index (χ3v) is 3.00. The summed E-state index contributed by atoms with van der Waals surface area (Å²) in [7, 11) is 1.62. The summed E-state index contributed by atoms with van der Waals surface area (Å²) < 4.78 is 5.40. The maximum Gasteiger partial charge on any atom is 0.161 e. The van der Waals surface area contributed by atoms with Crippen molar-refractivity contribution in [3.63, 3.8) is 0 Å². The second-order valence-electron chi connectivity index (χ2n) is 3.79. The van der Waals surface area contributed by atoms with Gasteiger partial charge in [0.15, 0.2) is 5.78 Å². The zero-order valence-electron chi connectivity index (χ0n) is 9.07. The monoisotopic (exact) mass is 236 g/mol. The first-order valence-electron chi connectivity index (χ1n) is 5.24. The molecule has 0 aliphatic heterocycles. The summed E-state index contributed by atoms with van der Waals surface area (Å²) in [5.41, 5.74) is 1.73. The third kappa shape index (κ3) is 2.18. The van der Waals surface area contributed by atoms with Crippen molar-refractivity contribution in [2.45, 2.75) is 18.9 Å². The van der Waals surface area contributed by atoms with Gasteiger partial charge in [-0.15, -0.1) is 0 Å². The van der Waals surface area contributed by atoms with Crippen LogP contribution in [0.25, 0.3) is 0 Å². The van der Waals surface area contributed by atoms with Gasteiger partial charge in [0.2, 0.25) is 0 Å². The molecule has 0 bridgehead atoms. The number of carbonyl (C=O) groups is 1.